The third-order valence-electron chi connectivity index (χ3n) is 6.07. The van der Waals surface area contributed by atoms with Gasteiger partial charge >= 0.3 is 0 Å². The number of fused-ring (bicyclic) bond motifs is 3. The van der Waals surface area contributed by atoms with Crippen LogP contribution in [0, 0.1) is 12.8 Å². The van der Waals surface area contributed by atoms with Crippen LogP contribution >= 0.6 is 0 Å². The van der Waals surface area contributed by atoms with Gasteiger partial charge in [0.1, 0.15) is 0 Å². The number of aromatic nitrogens is 3. The smallest absolute Gasteiger partial charge is 0.168 e. The molecule has 0 saturated heterocycles. The lowest BCUT2D eigenvalue weighted by Crippen LogP contribution is -2.25. The lowest BCUT2D eigenvalue weighted by Gasteiger charge is -2.22. The third-order valence-corrected chi connectivity index (χ3v) is 6.07. The molecule has 2 aliphatic rings. The molecular weight excluding hydrogens is 310 g/mol. The van der Waals surface area contributed by atoms with Crippen LogP contribution in [0.15, 0.2) is 24.5 Å². The summed E-state index contributed by atoms with van der Waals surface area (Å²) >= 11 is 0. The quantitative estimate of drug-likeness (QED) is 0.771. The number of hydrogen-bond donors (Lipinski definition) is 1. The van der Waals surface area contributed by atoms with Gasteiger partial charge < -0.3 is 9.55 Å². The molecule has 1 aromatic carbocycles. The minimum absolute atomic E-state index is 0.0557. The normalized spacial score (nSPS) is 19.9. The number of benzene rings is 1. The van der Waals surface area contributed by atoms with E-state index in [1.54, 1.807) is 6.33 Å². The summed E-state index contributed by atoms with van der Waals surface area (Å²) in [7, 11) is 0. The molecule has 1 N–H and O–H groups in total. The van der Waals surface area contributed by atoms with Crippen molar-refractivity contribution in [3.63, 3.8) is 0 Å². The molecule has 25 heavy (non-hydrogen) atoms. The molecule has 4 heteroatoms. The second-order valence-electron chi connectivity index (χ2n) is 7.52. The van der Waals surface area contributed by atoms with E-state index in [1.807, 2.05) is 6.92 Å². The molecule has 0 amide bonds. The zero-order valence-corrected chi connectivity index (χ0v) is 14.6. The van der Waals surface area contributed by atoms with Gasteiger partial charge in [0.05, 0.1) is 17.5 Å². The van der Waals surface area contributed by atoms with Crippen molar-refractivity contribution in [3.05, 3.63) is 52.7 Å². The van der Waals surface area contributed by atoms with E-state index in [2.05, 4.69) is 32.7 Å². The Labute approximate surface area is 147 Å². The first-order chi connectivity index (χ1) is 12.2. The third kappa shape index (κ3) is 2.20. The van der Waals surface area contributed by atoms with Crippen LogP contribution in [0.4, 0.5) is 0 Å². The maximum absolute atomic E-state index is 13.4. The zero-order valence-electron chi connectivity index (χ0n) is 14.6. The predicted molar refractivity (Wildman–Crippen MR) is 98.0 cm³/mol. The summed E-state index contributed by atoms with van der Waals surface area (Å²) < 4.78 is 2.46. The monoisotopic (exact) mass is 333 g/mol. The molecule has 3 heterocycles. The van der Waals surface area contributed by atoms with Gasteiger partial charge in [0.25, 0.3) is 0 Å². The van der Waals surface area contributed by atoms with Crippen molar-refractivity contribution in [2.75, 3.05) is 0 Å². The Hall–Kier alpha value is -2.36. The Morgan fingerprint density at radius 3 is 3.04 bits per heavy atom. The number of carbonyl (C=O) groups is 1. The Morgan fingerprint density at radius 1 is 1.28 bits per heavy atom. The van der Waals surface area contributed by atoms with E-state index < -0.39 is 0 Å². The van der Waals surface area contributed by atoms with Gasteiger partial charge in [-0.1, -0.05) is 18.2 Å². The van der Waals surface area contributed by atoms with Gasteiger partial charge in [-0.05, 0) is 44.6 Å². The number of aromatic amines is 1. The van der Waals surface area contributed by atoms with Crippen LogP contribution < -0.4 is 0 Å². The molecule has 0 fully saturated rings. The van der Waals surface area contributed by atoms with Crippen LogP contribution in [-0.4, -0.2) is 20.3 Å². The number of nitrogens with one attached hydrogen (secondary N) is 1. The van der Waals surface area contributed by atoms with Crippen LogP contribution in [0.3, 0.4) is 0 Å². The molecule has 2 aromatic heterocycles. The summed E-state index contributed by atoms with van der Waals surface area (Å²) in [6, 6.07) is 6.52. The second kappa shape index (κ2) is 5.58. The largest absolute Gasteiger partial charge is 0.348 e. The average Bonchev–Trinajstić information content (AvgIpc) is 3.07. The number of H-pyrrole nitrogens is 1. The first kappa shape index (κ1) is 14.9. The summed E-state index contributed by atoms with van der Waals surface area (Å²) in [5.41, 5.74) is 7.14. The number of imidazole rings is 1. The van der Waals surface area contributed by atoms with Crippen molar-refractivity contribution < 1.29 is 4.79 Å². The summed E-state index contributed by atoms with van der Waals surface area (Å²) in [6.45, 7) is 3.09. The zero-order chi connectivity index (χ0) is 17.0. The van der Waals surface area contributed by atoms with E-state index in [-0.39, 0.29) is 5.92 Å². The van der Waals surface area contributed by atoms with Crippen molar-refractivity contribution in [2.45, 2.75) is 52.0 Å². The molecule has 128 valence electrons. The van der Waals surface area contributed by atoms with Gasteiger partial charge in [0.15, 0.2) is 5.78 Å². The molecule has 0 saturated carbocycles. The van der Waals surface area contributed by atoms with Gasteiger partial charge in [-0.25, -0.2) is 4.98 Å². The number of Topliss-reactive ketones (excluding diaryl/α,β-unsaturated/α-hetero) is 1. The number of carbonyl (C=O) groups excluding carboxylic acids is 1. The van der Waals surface area contributed by atoms with Gasteiger partial charge in [-0.2, -0.15) is 0 Å². The standard InChI is InChI=1S/C21H23N3O/c1-13-17(23-12-22-13)11-15-8-9-18-19(21(15)25)16-7-4-6-14-5-2-3-10-24(18)20(14)16/h4,6-7,12,15H,2-3,5,8-11H2,1H3,(H,22,23). The molecule has 0 spiro atoms. The van der Waals surface area contributed by atoms with E-state index in [9.17, 15) is 4.79 Å². The van der Waals surface area contributed by atoms with Crippen molar-refractivity contribution in [2.24, 2.45) is 5.92 Å². The van der Waals surface area contributed by atoms with E-state index in [1.165, 1.54) is 35.0 Å². The van der Waals surface area contributed by atoms with Crippen molar-refractivity contribution in [1.29, 1.82) is 0 Å². The molecular formula is C21H23N3O. The fourth-order valence-corrected chi connectivity index (χ4v) is 4.77. The summed E-state index contributed by atoms with van der Waals surface area (Å²) in [5.74, 6) is 0.380. The topological polar surface area (TPSA) is 50.7 Å². The summed E-state index contributed by atoms with van der Waals surface area (Å²) in [5, 5.41) is 1.18. The van der Waals surface area contributed by atoms with E-state index in [4.69, 9.17) is 0 Å². The van der Waals surface area contributed by atoms with E-state index in [0.717, 1.165) is 49.2 Å². The van der Waals surface area contributed by atoms with E-state index >= 15 is 0 Å². The summed E-state index contributed by atoms with van der Waals surface area (Å²) in [4.78, 5) is 20.9. The van der Waals surface area contributed by atoms with Crippen LogP contribution in [0.1, 0.15) is 52.3 Å². The molecule has 1 aliphatic carbocycles. The van der Waals surface area contributed by atoms with Gasteiger partial charge in [-0.3, -0.25) is 4.79 Å². The minimum atomic E-state index is 0.0557. The SMILES string of the molecule is Cc1[nH]cnc1CC1CCc2c(c3cccc4c3n2CCCC4)C1=O. The lowest BCUT2D eigenvalue weighted by molar-refractivity contribution is 0.0901. The molecule has 5 rings (SSSR count). The highest BCUT2D eigenvalue weighted by molar-refractivity contribution is 6.12. The number of nitrogens with zero attached hydrogens (tertiary/aromatic N) is 2. The van der Waals surface area contributed by atoms with Crippen LogP contribution in [-0.2, 0) is 25.8 Å². The van der Waals surface area contributed by atoms with Crippen molar-refractivity contribution in [1.82, 2.24) is 14.5 Å². The highest BCUT2D eigenvalue weighted by atomic mass is 16.1. The summed E-state index contributed by atoms with van der Waals surface area (Å²) in [6.07, 6.45) is 7.99. The number of hydrogen-bond acceptors (Lipinski definition) is 2. The molecule has 0 bridgehead atoms. The minimum Gasteiger partial charge on any atom is -0.348 e. The Bertz CT molecular complexity index is 979. The van der Waals surface area contributed by atoms with Gasteiger partial charge in [0.2, 0.25) is 0 Å². The molecule has 0 radical (unpaired) electrons. The first-order valence-electron chi connectivity index (χ1n) is 9.40. The highest BCUT2D eigenvalue weighted by Crippen LogP contribution is 2.38. The number of ketones is 1. The first-order valence-corrected chi connectivity index (χ1v) is 9.40. The number of para-hydroxylation sites is 1. The highest BCUT2D eigenvalue weighted by Gasteiger charge is 2.34. The fourth-order valence-electron chi connectivity index (χ4n) is 4.77. The second-order valence-corrected chi connectivity index (χ2v) is 7.52. The Morgan fingerprint density at radius 2 is 2.20 bits per heavy atom. The van der Waals surface area contributed by atoms with Crippen LogP contribution in [0.25, 0.3) is 10.9 Å². The molecule has 1 aliphatic heterocycles. The fraction of sp³-hybridized carbons (Fsp3) is 0.429. The molecule has 3 aromatic rings. The maximum Gasteiger partial charge on any atom is 0.168 e. The number of rotatable bonds is 2. The van der Waals surface area contributed by atoms with E-state index in [0.29, 0.717) is 5.78 Å². The predicted octanol–water partition coefficient (Wildman–Crippen LogP) is 4.00. The Kier molecular flexibility index (Phi) is 3.34. The van der Waals surface area contributed by atoms with Crippen molar-refractivity contribution in [3.8, 4) is 0 Å². The molecule has 1 unspecified atom stereocenters. The van der Waals surface area contributed by atoms with Crippen LogP contribution in [0.2, 0.25) is 0 Å². The van der Waals surface area contributed by atoms with Gasteiger partial charge in [-0.15, -0.1) is 0 Å². The van der Waals surface area contributed by atoms with Crippen LogP contribution in [0.5, 0.6) is 0 Å². The maximum atomic E-state index is 13.4. The number of aryl methyl sites for hydroxylation is 3. The van der Waals surface area contributed by atoms with Gasteiger partial charge in [0, 0.05) is 41.2 Å². The lowest BCUT2D eigenvalue weighted by atomic mass is 9.82. The molecule has 1 atom stereocenters. The molecule has 4 nitrogen and oxygen atoms in total. The van der Waals surface area contributed by atoms with Crippen molar-refractivity contribution >= 4 is 16.7 Å². The average molecular weight is 333 g/mol. The Balaban J connectivity index is 1.62.